The van der Waals surface area contributed by atoms with Gasteiger partial charge in [-0.3, -0.25) is 4.79 Å². The first-order valence-electron chi connectivity index (χ1n) is 11.1. The third kappa shape index (κ3) is 4.08. The molecule has 0 aliphatic carbocycles. The zero-order valence-electron chi connectivity index (χ0n) is 18.9. The number of H-pyrrole nitrogens is 1. The summed E-state index contributed by atoms with van der Waals surface area (Å²) < 4.78 is 16.6. The van der Waals surface area contributed by atoms with Crippen molar-refractivity contribution in [1.82, 2.24) is 10.3 Å². The molecule has 5 aromatic rings. The second-order valence-corrected chi connectivity index (χ2v) is 8.16. The maximum atomic E-state index is 12.9. The van der Waals surface area contributed by atoms with Gasteiger partial charge in [0.05, 0.1) is 13.5 Å². The SMILES string of the molecule is COc1ccc(-c2oc3cc(C)oc(=O)c3c2CC(=O)NCCc2c[nH]c3ccccc23)cc1. The van der Waals surface area contributed by atoms with Gasteiger partial charge in [0.2, 0.25) is 5.91 Å². The molecule has 0 bridgehead atoms. The molecule has 0 aliphatic rings. The average molecular weight is 456 g/mol. The van der Waals surface area contributed by atoms with Gasteiger partial charge in [0.25, 0.3) is 0 Å². The monoisotopic (exact) mass is 456 g/mol. The number of carbonyl (C=O) groups excluding carboxylic acids is 1. The Labute approximate surface area is 195 Å². The van der Waals surface area contributed by atoms with Gasteiger partial charge in [0.1, 0.15) is 28.2 Å². The number of rotatable bonds is 7. The Kier molecular flexibility index (Phi) is 5.67. The summed E-state index contributed by atoms with van der Waals surface area (Å²) in [6.07, 6.45) is 2.65. The molecule has 5 rings (SSSR count). The van der Waals surface area contributed by atoms with Gasteiger partial charge in [-0.15, -0.1) is 0 Å². The zero-order valence-corrected chi connectivity index (χ0v) is 18.9. The number of aryl methyl sites for hydroxylation is 1. The number of carbonyl (C=O) groups is 1. The molecule has 7 nitrogen and oxygen atoms in total. The highest BCUT2D eigenvalue weighted by atomic mass is 16.5. The maximum absolute atomic E-state index is 12.9. The Morgan fingerprint density at radius 1 is 1.09 bits per heavy atom. The highest BCUT2D eigenvalue weighted by Crippen LogP contribution is 2.33. The van der Waals surface area contributed by atoms with E-state index in [9.17, 15) is 9.59 Å². The lowest BCUT2D eigenvalue weighted by atomic mass is 10.0. The van der Waals surface area contributed by atoms with E-state index in [-0.39, 0.29) is 12.3 Å². The van der Waals surface area contributed by atoms with E-state index < -0.39 is 5.63 Å². The molecule has 7 heteroatoms. The van der Waals surface area contributed by atoms with Crippen LogP contribution in [0.4, 0.5) is 0 Å². The summed E-state index contributed by atoms with van der Waals surface area (Å²) in [5.41, 5.74) is 3.36. The van der Waals surface area contributed by atoms with Crippen LogP contribution in [0.2, 0.25) is 0 Å². The van der Waals surface area contributed by atoms with E-state index in [2.05, 4.69) is 16.4 Å². The first-order valence-corrected chi connectivity index (χ1v) is 11.1. The van der Waals surface area contributed by atoms with Crippen LogP contribution in [0, 0.1) is 6.92 Å². The standard InChI is InChI=1S/C27H24N2O5/c1-16-13-23-25(27(31)33-16)21(26(34-23)17-7-9-19(32-2)10-8-17)14-24(30)28-12-11-18-15-29-22-6-4-3-5-20(18)22/h3-10,13,15,29H,11-12,14H2,1-2H3,(H,28,30). The predicted octanol–water partition coefficient (Wildman–Crippen LogP) is 4.75. The van der Waals surface area contributed by atoms with Crippen molar-refractivity contribution in [1.29, 1.82) is 0 Å². The van der Waals surface area contributed by atoms with Crippen molar-refractivity contribution in [3.8, 4) is 17.1 Å². The molecule has 0 saturated carbocycles. The fourth-order valence-corrected chi connectivity index (χ4v) is 4.26. The molecule has 172 valence electrons. The van der Waals surface area contributed by atoms with Gasteiger partial charge in [-0.2, -0.15) is 0 Å². The molecule has 0 unspecified atom stereocenters. The largest absolute Gasteiger partial charge is 0.497 e. The van der Waals surface area contributed by atoms with Gasteiger partial charge in [0, 0.05) is 40.8 Å². The van der Waals surface area contributed by atoms with Crippen LogP contribution in [0.3, 0.4) is 0 Å². The minimum Gasteiger partial charge on any atom is -0.497 e. The van der Waals surface area contributed by atoms with Crippen molar-refractivity contribution in [3.05, 3.63) is 88.1 Å². The summed E-state index contributed by atoms with van der Waals surface area (Å²) in [6.45, 7) is 2.16. The predicted molar refractivity (Wildman–Crippen MR) is 130 cm³/mol. The van der Waals surface area contributed by atoms with E-state index in [4.69, 9.17) is 13.6 Å². The lowest BCUT2D eigenvalue weighted by Crippen LogP contribution is -2.27. The lowest BCUT2D eigenvalue weighted by Gasteiger charge is -2.07. The van der Waals surface area contributed by atoms with Crippen molar-refractivity contribution >= 4 is 27.8 Å². The van der Waals surface area contributed by atoms with Crippen LogP contribution < -0.4 is 15.7 Å². The van der Waals surface area contributed by atoms with E-state index in [1.54, 1.807) is 32.2 Å². The number of amides is 1. The lowest BCUT2D eigenvalue weighted by molar-refractivity contribution is -0.120. The minimum atomic E-state index is -0.514. The van der Waals surface area contributed by atoms with E-state index in [0.717, 1.165) is 22.0 Å². The van der Waals surface area contributed by atoms with Crippen molar-refractivity contribution in [2.45, 2.75) is 19.8 Å². The molecular formula is C27H24N2O5. The van der Waals surface area contributed by atoms with Crippen molar-refractivity contribution < 1.29 is 18.4 Å². The number of aromatic nitrogens is 1. The normalized spacial score (nSPS) is 11.2. The van der Waals surface area contributed by atoms with E-state index in [1.165, 1.54) is 0 Å². The number of nitrogens with one attached hydrogen (secondary N) is 2. The third-order valence-corrected chi connectivity index (χ3v) is 5.91. The van der Waals surface area contributed by atoms with Crippen molar-refractivity contribution in [2.24, 2.45) is 0 Å². The Hall–Kier alpha value is -4.26. The third-order valence-electron chi connectivity index (χ3n) is 5.91. The molecule has 0 atom stereocenters. The van der Waals surface area contributed by atoms with Crippen LogP contribution >= 0.6 is 0 Å². The Balaban J connectivity index is 1.40. The van der Waals surface area contributed by atoms with Gasteiger partial charge < -0.3 is 23.9 Å². The fraction of sp³-hybridized carbons (Fsp3) is 0.185. The first-order chi connectivity index (χ1) is 16.5. The van der Waals surface area contributed by atoms with Crippen LogP contribution in [0.5, 0.6) is 5.75 Å². The molecule has 0 fully saturated rings. The van der Waals surface area contributed by atoms with E-state index >= 15 is 0 Å². The molecule has 3 heterocycles. The van der Waals surface area contributed by atoms with Gasteiger partial charge in [-0.25, -0.2) is 4.79 Å². The quantitative estimate of drug-likeness (QED) is 0.368. The van der Waals surface area contributed by atoms with E-state index in [1.807, 2.05) is 36.5 Å². The van der Waals surface area contributed by atoms with Crippen molar-refractivity contribution in [2.75, 3.05) is 13.7 Å². The molecule has 2 aromatic carbocycles. The summed E-state index contributed by atoms with van der Waals surface area (Å²) in [6, 6.07) is 17.0. The van der Waals surface area contributed by atoms with Crippen LogP contribution in [0.15, 0.2) is 74.4 Å². The smallest absolute Gasteiger partial charge is 0.347 e. The Morgan fingerprint density at radius 2 is 1.88 bits per heavy atom. The number of ether oxygens (including phenoxy) is 1. The van der Waals surface area contributed by atoms with Gasteiger partial charge in [-0.05, 0) is 49.2 Å². The number of aromatic amines is 1. The average Bonchev–Trinajstić information content (AvgIpc) is 3.41. The van der Waals surface area contributed by atoms with Crippen LogP contribution in [0.25, 0.3) is 33.2 Å². The number of benzene rings is 2. The molecule has 2 N–H and O–H groups in total. The Bertz CT molecular complexity index is 1540. The second kappa shape index (κ2) is 8.94. The summed E-state index contributed by atoms with van der Waals surface area (Å²) in [5.74, 6) is 1.42. The molecule has 3 aromatic heterocycles. The number of para-hydroxylation sites is 1. The molecule has 0 aliphatic heterocycles. The number of fused-ring (bicyclic) bond motifs is 2. The number of methoxy groups -OCH3 is 1. The summed E-state index contributed by atoms with van der Waals surface area (Å²) >= 11 is 0. The van der Waals surface area contributed by atoms with Crippen molar-refractivity contribution in [3.63, 3.8) is 0 Å². The Morgan fingerprint density at radius 3 is 2.68 bits per heavy atom. The molecule has 0 saturated heterocycles. The molecule has 34 heavy (non-hydrogen) atoms. The minimum absolute atomic E-state index is 0.00390. The first kappa shape index (κ1) is 21.6. The number of furan rings is 1. The summed E-state index contributed by atoms with van der Waals surface area (Å²) in [4.78, 5) is 28.8. The molecule has 0 radical (unpaired) electrons. The molecule has 1 amide bonds. The maximum Gasteiger partial charge on any atom is 0.347 e. The molecule has 0 spiro atoms. The van der Waals surface area contributed by atoms with E-state index in [0.29, 0.717) is 46.8 Å². The van der Waals surface area contributed by atoms with Gasteiger partial charge in [-0.1, -0.05) is 18.2 Å². The van der Waals surface area contributed by atoms with Crippen LogP contribution in [-0.4, -0.2) is 24.5 Å². The van der Waals surface area contributed by atoms with Crippen LogP contribution in [0.1, 0.15) is 16.9 Å². The van der Waals surface area contributed by atoms with Crippen LogP contribution in [-0.2, 0) is 17.6 Å². The number of hydrogen-bond donors (Lipinski definition) is 2. The van der Waals surface area contributed by atoms with Gasteiger partial charge >= 0.3 is 5.63 Å². The fourth-order valence-electron chi connectivity index (χ4n) is 4.26. The topological polar surface area (TPSA) is 97.5 Å². The number of hydrogen-bond acceptors (Lipinski definition) is 5. The molecular weight excluding hydrogens is 432 g/mol. The summed E-state index contributed by atoms with van der Waals surface area (Å²) in [5, 5.41) is 4.41. The highest BCUT2D eigenvalue weighted by Gasteiger charge is 2.22. The highest BCUT2D eigenvalue weighted by molar-refractivity contribution is 5.92. The second-order valence-electron chi connectivity index (χ2n) is 8.16. The summed E-state index contributed by atoms with van der Waals surface area (Å²) in [7, 11) is 1.59. The van der Waals surface area contributed by atoms with Gasteiger partial charge in [0.15, 0.2) is 0 Å². The zero-order chi connectivity index (χ0) is 23.7.